The number of thiocarbonyl (C=S) groups is 1. The molecule has 156 valence electrons. The highest BCUT2D eigenvalue weighted by molar-refractivity contribution is 7.80. The van der Waals surface area contributed by atoms with Crippen LogP contribution in [0.5, 0.6) is 11.5 Å². The van der Waals surface area contributed by atoms with Gasteiger partial charge in [0.2, 0.25) is 0 Å². The quantitative estimate of drug-likeness (QED) is 0.506. The number of ether oxygens (including phenoxy) is 1. The van der Waals surface area contributed by atoms with Crippen molar-refractivity contribution >= 4 is 23.0 Å². The topological polar surface area (TPSA) is 40.6 Å². The maximum absolute atomic E-state index is 5.86. The Labute approximate surface area is 184 Å². The largest absolute Gasteiger partial charge is 0.457 e. The van der Waals surface area contributed by atoms with Gasteiger partial charge in [-0.25, -0.2) is 0 Å². The van der Waals surface area contributed by atoms with E-state index in [4.69, 9.17) is 17.0 Å². The maximum atomic E-state index is 5.86. The monoisotopic (exact) mass is 420 g/mol. The summed E-state index contributed by atoms with van der Waals surface area (Å²) in [5.41, 5.74) is 2.06. The molecule has 30 heavy (non-hydrogen) atoms. The van der Waals surface area contributed by atoms with Gasteiger partial charge in [-0.2, -0.15) is 0 Å². The first-order chi connectivity index (χ1) is 14.5. The molecule has 0 fully saturated rings. The SMILES string of the molecule is C[C@@H](c1cccnc1)N(CCN(C)C)C(=S)Nc1ccc(Oc2ccccc2)cc1. The van der Waals surface area contributed by atoms with Crippen molar-refractivity contribution in [3.05, 3.63) is 84.7 Å². The molecule has 6 heteroatoms. The fraction of sp³-hybridized carbons (Fsp3) is 0.250. The summed E-state index contributed by atoms with van der Waals surface area (Å²) in [7, 11) is 4.13. The number of rotatable bonds is 8. The number of para-hydroxylation sites is 1. The average molecular weight is 421 g/mol. The van der Waals surface area contributed by atoms with E-state index in [9.17, 15) is 0 Å². The van der Waals surface area contributed by atoms with E-state index in [0.29, 0.717) is 5.11 Å². The highest BCUT2D eigenvalue weighted by atomic mass is 32.1. The van der Waals surface area contributed by atoms with Gasteiger partial charge in [-0.15, -0.1) is 0 Å². The van der Waals surface area contributed by atoms with E-state index in [1.165, 1.54) is 0 Å². The number of aromatic nitrogens is 1. The van der Waals surface area contributed by atoms with Gasteiger partial charge in [0.15, 0.2) is 5.11 Å². The maximum Gasteiger partial charge on any atom is 0.173 e. The van der Waals surface area contributed by atoms with Gasteiger partial charge in [0.1, 0.15) is 11.5 Å². The minimum absolute atomic E-state index is 0.110. The molecule has 0 spiro atoms. The number of pyridine rings is 1. The molecule has 1 N–H and O–H groups in total. The van der Waals surface area contributed by atoms with E-state index < -0.39 is 0 Å². The highest BCUT2D eigenvalue weighted by Crippen LogP contribution is 2.24. The van der Waals surface area contributed by atoms with E-state index in [-0.39, 0.29) is 6.04 Å². The normalized spacial score (nSPS) is 11.7. The summed E-state index contributed by atoms with van der Waals surface area (Å²) < 4.78 is 5.86. The number of likely N-dealkylation sites (N-methyl/N-ethyl adjacent to an activating group) is 1. The fourth-order valence-corrected chi connectivity index (χ4v) is 3.38. The van der Waals surface area contributed by atoms with Crippen molar-refractivity contribution in [1.82, 2.24) is 14.8 Å². The average Bonchev–Trinajstić information content (AvgIpc) is 2.76. The molecule has 1 aromatic heterocycles. The molecular formula is C24H28N4OS. The lowest BCUT2D eigenvalue weighted by Gasteiger charge is -2.33. The predicted octanol–water partition coefficient (Wildman–Crippen LogP) is 5.20. The van der Waals surface area contributed by atoms with Crippen LogP contribution in [-0.4, -0.2) is 47.1 Å². The molecule has 1 atom stereocenters. The molecule has 0 saturated heterocycles. The van der Waals surface area contributed by atoms with Crippen LogP contribution in [0, 0.1) is 0 Å². The van der Waals surface area contributed by atoms with Crippen molar-refractivity contribution in [3.8, 4) is 11.5 Å². The molecule has 0 aliphatic heterocycles. The Morgan fingerprint density at radius 2 is 1.67 bits per heavy atom. The Kier molecular flexibility index (Phi) is 7.76. The van der Waals surface area contributed by atoms with Crippen LogP contribution in [0.3, 0.4) is 0 Å². The van der Waals surface area contributed by atoms with Crippen molar-refractivity contribution < 1.29 is 4.74 Å². The lowest BCUT2D eigenvalue weighted by Crippen LogP contribution is -2.40. The Morgan fingerprint density at radius 3 is 2.30 bits per heavy atom. The zero-order chi connectivity index (χ0) is 21.3. The van der Waals surface area contributed by atoms with E-state index in [1.807, 2.05) is 66.9 Å². The first kappa shape index (κ1) is 21.7. The Bertz CT molecular complexity index is 917. The van der Waals surface area contributed by atoms with Crippen molar-refractivity contribution in [2.75, 3.05) is 32.5 Å². The van der Waals surface area contributed by atoms with Crippen molar-refractivity contribution in [2.24, 2.45) is 0 Å². The molecule has 1 heterocycles. The van der Waals surface area contributed by atoms with Crippen LogP contribution in [0.2, 0.25) is 0 Å². The number of nitrogens with zero attached hydrogens (tertiary/aromatic N) is 3. The summed E-state index contributed by atoms with van der Waals surface area (Å²) in [4.78, 5) is 8.61. The second kappa shape index (κ2) is 10.7. The Morgan fingerprint density at radius 1 is 0.967 bits per heavy atom. The second-order valence-electron chi connectivity index (χ2n) is 7.33. The third kappa shape index (κ3) is 6.27. The van der Waals surface area contributed by atoms with Crippen LogP contribution >= 0.6 is 12.2 Å². The predicted molar refractivity (Wildman–Crippen MR) is 127 cm³/mol. The summed E-state index contributed by atoms with van der Waals surface area (Å²) in [5, 5.41) is 4.06. The van der Waals surface area contributed by atoms with Gasteiger partial charge in [0.05, 0.1) is 6.04 Å². The fourth-order valence-electron chi connectivity index (χ4n) is 3.01. The van der Waals surface area contributed by atoms with E-state index >= 15 is 0 Å². The molecule has 0 unspecified atom stereocenters. The Hall–Kier alpha value is -2.96. The number of hydrogen-bond donors (Lipinski definition) is 1. The van der Waals surface area contributed by atoms with Gasteiger partial charge in [0.25, 0.3) is 0 Å². The molecule has 0 saturated carbocycles. The minimum Gasteiger partial charge on any atom is -0.457 e. The number of anilines is 1. The van der Waals surface area contributed by atoms with Gasteiger partial charge in [-0.05, 0) is 81.3 Å². The Balaban J connectivity index is 1.68. The molecular weight excluding hydrogens is 392 g/mol. The van der Waals surface area contributed by atoms with Crippen LogP contribution in [-0.2, 0) is 0 Å². The second-order valence-corrected chi connectivity index (χ2v) is 7.72. The highest BCUT2D eigenvalue weighted by Gasteiger charge is 2.19. The minimum atomic E-state index is 0.110. The summed E-state index contributed by atoms with van der Waals surface area (Å²) >= 11 is 5.77. The lowest BCUT2D eigenvalue weighted by molar-refractivity contribution is 0.289. The molecule has 0 bridgehead atoms. The summed E-state index contributed by atoms with van der Waals surface area (Å²) in [5.74, 6) is 1.60. The summed E-state index contributed by atoms with van der Waals surface area (Å²) in [6.07, 6.45) is 3.68. The third-order valence-corrected chi connectivity index (χ3v) is 5.10. The molecule has 5 nitrogen and oxygen atoms in total. The van der Waals surface area contributed by atoms with Crippen LogP contribution in [0.1, 0.15) is 18.5 Å². The summed E-state index contributed by atoms with van der Waals surface area (Å²) in [6.45, 7) is 3.86. The van der Waals surface area contributed by atoms with Gasteiger partial charge in [-0.3, -0.25) is 4.98 Å². The third-order valence-electron chi connectivity index (χ3n) is 4.77. The van der Waals surface area contributed by atoms with Crippen LogP contribution in [0.4, 0.5) is 5.69 Å². The van der Waals surface area contributed by atoms with Gasteiger partial charge in [-0.1, -0.05) is 24.3 Å². The zero-order valence-corrected chi connectivity index (χ0v) is 18.5. The zero-order valence-electron chi connectivity index (χ0n) is 17.7. The molecule has 0 amide bonds. The molecule has 2 aromatic carbocycles. The van der Waals surface area contributed by atoms with E-state index in [1.54, 1.807) is 6.20 Å². The standard InChI is InChI=1S/C24H28N4OS/c1-19(20-8-7-15-25-18-20)28(17-16-27(2)3)24(30)26-21-11-13-23(14-12-21)29-22-9-5-4-6-10-22/h4-15,18-19H,16-17H2,1-3H3,(H,26,30)/t19-/m0/s1. The van der Waals surface area contributed by atoms with Crippen molar-refractivity contribution in [2.45, 2.75) is 13.0 Å². The molecule has 0 aliphatic rings. The van der Waals surface area contributed by atoms with Crippen LogP contribution < -0.4 is 10.1 Å². The molecule has 3 aromatic rings. The van der Waals surface area contributed by atoms with Crippen LogP contribution in [0.25, 0.3) is 0 Å². The number of nitrogens with one attached hydrogen (secondary N) is 1. The number of benzene rings is 2. The lowest BCUT2D eigenvalue weighted by atomic mass is 10.1. The first-order valence-electron chi connectivity index (χ1n) is 9.98. The van der Waals surface area contributed by atoms with Gasteiger partial charge in [0, 0.05) is 31.2 Å². The number of hydrogen-bond acceptors (Lipinski definition) is 4. The van der Waals surface area contributed by atoms with E-state index in [0.717, 1.165) is 35.8 Å². The van der Waals surface area contributed by atoms with E-state index in [2.05, 4.69) is 47.2 Å². The molecule has 0 radical (unpaired) electrons. The first-order valence-corrected chi connectivity index (χ1v) is 10.4. The van der Waals surface area contributed by atoms with Crippen molar-refractivity contribution in [3.63, 3.8) is 0 Å². The van der Waals surface area contributed by atoms with Crippen molar-refractivity contribution in [1.29, 1.82) is 0 Å². The molecule has 0 aliphatic carbocycles. The van der Waals surface area contributed by atoms with Crippen LogP contribution in [0.15, 0.2) is 79.1 Å². The smallest absolute Gasteiger partial charge is 0.173 e. The summed E-state index contributed by atoms with van der Waals surface area (Å²) in [6, 6.07) is 21.7. The molecule has 3 rings (SSSR count). The van der Waals surface area contributed by atoms with Gasteiger partial charge >= 0.3 is 0 Å². The van der Waals surface area contributed by atoms with Gasteiger partial charge < -0.3 is 19.9 Å².